The Morgan fingerprint density at radius 3 is 1.73 bits per heavy atom. The van der Waals surface area contributed by atoms with Crippen LogP contribution in [0.5, 0.6) is 0 Å². The number of anilines is 2. The smallest absolute Gasteiger partial charge is 0.147 e. The first-order chi connectivity index (χ1) is 17.8. The molecule has 0 fully saturated rings. The standard InChI is InChI=1S/C34H29F2N/c1-34(2,3)37(31-20-11-10-19-29(31)35)33-30(36)22-21-28(25-15-8-5-9-16-25)32(33)27-18-12-17-26(23-27)24-13-6-4-7-14-24/h4-23H,1-3H3. The first kappa shape index (κ1) is 24.5. The highest BCUT2D eigenvalue weighted by Gasteiger charge is 2.32. The second-order valence-corrected chi connectivity index (χ2v) is 10.1. The van der Waals surface area contributed by atoms with Gasteiger partial charge in [0.1, 0.15) is 11.6 Å². The number of rotatable bonds is 5. The zero-order chi connectivity index (χ0) is 26.0. The van der Waals surface area contributed by atoms with Gasteiger partial charge < -0.3 is 4.90 Å². The summed E-state index contributed by atoms with van der Waals surface area (Å²) in [6.07, 6.45) is 0. The van der Waals surface area contributed by atoms with Crippen LogP contribution in [-0.2, 0) is 0 Å². The Labute approximate surface area is 217 Å². The SMILES string of the molecule is CC(C)(C)N(c1ccccc1F)c1c(F)ccc(-c2ccccc2)c1-c1cccc(-c2ccccc2)c1. The van der Waals surface area contributed by atoms with Gasteiger partial charge in [-0.1, -0.05) is 97.1 Å². The summed E-state index contributed by atoms with van der Waals surface area (Å²) >= 11 is 0. The first-order valence-corrected chi connectivity index (χ1v) is 12.4. The van der Waals surface area contributed by atoms with Gasteiger partial charge in [0.15, 0.2) is 0 Å². The van der Waals surface area contributed by atoms with Crippen LogP contribution in [0.25, 0.3) is 33.4 Å². The molecule has 0 aliphatic rings. The molecule has 3 heteroatoms. The molecule has 0 bridgehead atoms. The molecule has 5 aromatic rings. The summed E-state index contributed by atoms with van der Waals surface area (Å²) in [6, 6.07) is 38.1. The Hall–Kier alpha value is -4.24. The Bertz CT molecular complexity index is 1520. The van der Waals surface area contributed by atoms with Crippen LogP contribution in [0.2, 0.25) is 0 Å². The number of hydrogen-bond acceptors (Lipinski definition) is 1. The van der Waals surface area contributed by atoms with Crippen molar-refractivity contribution in [2.45, 2.75) is 26.3 Å². The second kappa shape index (κ2) is 10.0. The fourth-order valence-electron chi connectivity index (χ4n) is 4.87. The van der Waals surface area contributed by atoms with E-state index in [1.54, 1.807) is 23.1 Å². The minimum absolute atomic E-state index is 0.333. The van der Waals surface area contributed by atoms with E-state index < -0.39 is 17.2 Å². The van der Waals surface area contributed by atoms with Gasteiger partial charge in [-0.15, -0.1) is 0 Å². The lowest BCUT2D eigenvalue weighted by molar-refractivity contribution is 0.527. The number of para-hydroxylation sites is 1. The van der Waals surface area contributed by atoms with Crippen molar-refractivity contribution >= 4 is 11.4 Å². The van der Waals surface area contributed by atoms with Gasteiger partial charge in [-0.05, 0) is 72.9 Å². The van der Waals surface area contributed by atoms with E-state index in [2.05, 4.69) is 24.3 Å². The van der Waals surface area contributed by atoms with Crippen molar-refractivity contribution in [1.29, 1.82) is 0 Å². The molecule has 184 valence electrons. The predicted octanol–water partition coefficient (Wildman–Crippen LogP) is 9.90. The Balaban J connectivity index is 1.86. The highest BCUT2D eigenvalue weighted by molar-refractivity contribution is 5.95. The lowest BCUT2D eigenvalue weighted by Crippen LogP contribution is -2.39. The molecule has 1 nitrogen and oxygen atoms in total. The molecule has 37 heavy (non-hydrogen) atoms. The van der Waals surface area contributed by atoms with Crippen molar-refractivity contribution in [2.75, 3.05) is 4.90 Å². The van der Waals surface area contributed by atoms with Crippen LogP contribution in [0.15, 0.2) is 121 Å². The van der Waals surface area contributed by atoms with Gasteiger partial charge in [-0.3, -0.25) is 0 Å². The molecule has 5 rings (SSSR count). The van der Waals surface area contributed by atoms with Gasteiger partial charge >= 0.3 is 0 Å². The summed E-state index contributed by atoms with van der Waals surface area (Å²) < 4.78 is 31.4. The zero-order valence-corrected chi connectivity index (χ0v) is 21.3. The maximum Gasteiger partial charge on any atom is 0.147 e. The molecule has 0 heterocycles. The predicted molar refractivity (Wildman–Crippen MR) is 151 cm³/mol. The molecule has 0 atom stereocenters. The van der Waals surface area contributed by atoms with E-state index in [1.807, 2.05) is 87.5 Å². The summed E-state index contributed by atoms with van der Waals surface area (Å²) in [5.74, 6) is -0.802. The summed E-state index contributed by atoms with van der Waals surface area (Å²) in [5.41, 5.74) is 5.60. The van der Waals surface area contributed by atoms with Gasteiger partial charge in [0.25, 0.3) is 0 Å². The van der Waals surface area contributed by atoms with Crippen molar-refractivity contribution in [3.05, 3.63) is 133 Å². The van der Waals surface area contributed by atoms with Crippen LogP contribution >= 0.6 is 0 Å². The van der Waals surface area contributed by atoms with Crippen LogP contribution in [0.1, 0.15) is 20.8 Å². The Morgan fingerprint density at radius 1 is 0.514 bits per heavy atom. The van der Waals surface area contributed by atoms with E-state index in [0.717, 1.165) is 33.4 Å². The van der Waals surface area contributed by atoms with Crippen molar-refractivity contribution < 1.29 is 8.78 Å². The molecule has 0 amide bonds. The Kier molecular flexibility index (Phi) is 6.62. The van der Waals surface area contributed by atoms with Gasteiger partial charge in [-0.25, -0.2) is 8.78 Å². The molecule has 0 spiro atoms. The van der Waals surface area contributed by atoms with Crippen LogP contribution in [-0.4, -0.2) is 5.54 Å². The summed E-state index contributed by atoms with van der Waals surface area (Å²) in [5, 5.41) is 0. The molecule has 0 unspecified atom stereocenters. The van der Waals surface area contributed by atoms with E-state index in [9.17, 15) is 0 Å². The number of halogens is 2. The topological polar surface area (TPSA) is 3.24 Å². The molecule has 0 aliphatic heterocycles. The maximum absolute atomic E-state index is 16.1. The van der Waals surface area contributed by atoms with Crippen molar-refractivity contribution in [3.63, 3.8) is 0 Å². The molecule has 0 saturated carbocycles. The molecule has 0 N–H and O–H groups in total. The Morgan fingerprint density at radius 2 is 1.08 bits per heavy atom. The third-order valence-corrected chi connectivity index (χ3v) is 6.46. The van der Waals surface area contributed by atoms with Crippen LogP contribution in [0, 0.1) is 11.6 Å². The average Bonchev–Trinajstić information content (AvgIpc) is 2.91. The van der Waals surface area contributed by atoms with E-state index in [1.165, 1.54) is 12.1 Å². The third kappa shape index (κ3) is 4.90. The largest absolute Gasteiger partial charge is 0.331 e. The van der Waals surface area contributed by atoms with Crippen molar-refractivity contribution in [2.24, 2.45) is 0 Å². The quantitative estimate of drug-likeness (QED) is 0.237. The number of benzene rings is 5. The second-order valence-electron chi connectivity index (χ2n) is 10.1. The number of hydrogen-bond donors (Lipinski definition) is 0. The molecule has 0 aromatic heterocycles. The maximum atomic E-state index is 16.1. The molecule has 0 radical (unpaired) electrons. The minimum atomic E-state index is -0.621. The average molecular weight is 490 g/mol. The highest BCUT2D eigenvalue weighted by atomic mass is 19.1. The van der Waals surface area contributed by atoms with Crippen molar-refractivity contribution in [3.8, 4) is 33.4 Å². The summed E-state index contributed by atoms with van der Waals surface area (Å²) in [6.45, 7) is 5.91. The van der Waals surface area contributed by atoms with Gasteiger partial charge in [-0.2, -0.15) is 0 Å². The highest BCUT2D eigenvalue weighted by Crippen LogP contribution is 2.47. The first-order valence-electron chi connectivity index (χ1n) is 12.4. The molecular weight excluding hydrogens is 460 g/mol. The lowest BCUT2D eigenvalue weighted by atomic mass is 9.89. The van der Waals surface area contributed by atoms with Gasteiger partial charge in [0.05, 0.1) is 11.4 Å². The number of nitrogens with zero attached hydrogens (tertiary/aromatic N) is 1. The minimum Gasteiger partial charge on any atom is -0.331 e. The third-order valence-electron chi connectivity index (χ3n) is 6.46. The van der Waals surface area contributed by atoms with Crippen LogP contribution in [0.4, 0.5) is 20.2 Å². The van der Waals surface area contributed by atoms with E-state index in [-0.39, 0.29) is 0 Å². The fourth-order valence-corrected chi connectivity index (χ4v) is 4.87. The summed E-state index contributed by atoms with van der Waals surface area (Å²) in [7, 11) is 0. The van der Waals surface area contributed by atoms with Crippen LogP contribution < -0.4 is 4.90 Å². The van der Waals surface area contributed by atoms with Gasteiger partial charge in [0, 0.05) is 11.1 Å². The van der Waals surface area contributed by atoms with E-state index >= 15 is 8.78 Å². The van der Waals surface area contributed by atoms with Crippen LogP contribution in [0.3, 0.4) is 0 Å². The zero-order valence-electron chi connectivity index (χ0n) is 21.3. The van der Waals surface area contributed by atoms with E-state index in [4.69, 9.17) is 0 Å². The summed E-state index contributed by atoms with van der Waals surface area (Å²) in [4.78, 5) is 1.79. The molecule has 5 aromatic carbocycles. The normalized spacial score (nSPS) is 11.4. The van der Waals surface area contributed by atoms with Crippen molar-refractivity contribution in [1.82, 2.24) is 0 Å². The lowest BCUT2D eigenvalue weighted by Gasteiger charge is -2.40. The van der Waals surface area contributed by atoms with E-state index in [0.29, 0.717) is 11.4 Å². The molecule has 0 aliphatic carbocycles. The monoisotopic (exact) mass is 489 g/mol. The fraction of sp³-hybridized carbons (Fsp3) is 0.118. The van der Waals surface area contributed by atoms with Gasteiger partial charge in [0.2, 0.25) is 0 Å². The molecule has 0 saturated heterocycles. The molecular formula is C34H29F2N.